The molecule has 0 bridgehead atoms. The number of piperazine rings is 1. The lowest BCUT2D eigenvalue weighted by Gasteiger charge is -2.36. The Bertz CT molecular complexity index is 760. The van der Waals surface area contributed by atoms with Gasteiger partial charge in [0.25, 0.3) is 0 Å². The minimum atomic E-state index is 0.309. The third kappa shape index (κ3) is 5.89. The Morgan fingerprint density at radius 1 is 0.933 bits per heavy atom. The van der Waals surface area contributed by atoms with Gasteiger partial charge < -0.3 is 19.5 Å². The smallest absolute Gasteiger partial charge is 0.164 e. The van der Waals surface area contributed by atoms with Gasteiger partial charge in [-0.1, -0.05) is 56.5 Å². The third-order valence-corrected chi connectivity index (χ3v) is 5.79. The lowest BCUT2D eigenvalue weighted by molar-refractivity contribution is 0.157. The summed E-state index contributed by atoms with van der Waals surface area (Å²) in [5, 5.41) is 3.47. The van der Waals surface area contributed by atoms with Gasteiger partial charge in [-0.3, -0.25) is 4.90 Å². The Morgan fingerprint density at radius 2 is 1.63 bits per heavy atom. The molecule has 30 heavy (non-hydrogen) atoms. The van der Waals surface area contributed by atoms with Crippen LogP contribution in [0.2, 0.25) is 0 Å². The van der Waals surface area contributed by atoms with E-state index in [0.717, 1.165) is 49.7 Å². The van der Waals surface area contributed by atoms with Crippen molar-refractivity contribution in [2.75, 3.05) is 40.4 Å². The molecule has 1 aliphatic heterocycles. The number of rotatable bonds is 11. The maximum atomic E-state index is 6.37. The molecule has 0 saturated carbocycles. The summed E-state index contributed by atoms with van der Waals surface area (Å²) in [6.45, 7) is 6.93. The molecule has 5 heteroatoms. The second-order valence-electron chi connectivity index (χ2n) is 7.82. The second-order valence-corrected chi connectivity index (χ2v) is 7.82. The fourth-order valence-electron chi connectivity index (χ4n) is 4.11. The van der Waals surface area contributed by atoms with E-state index in [-0.39, 0.29) is 0 Å². The Kier molecular flexibility index (Phi) is 8.84. The SMILES string of the molecule is CCCCC[C@@H](c1cc(OC)c(OC)cc1OCc1ccccc1)N1CCNCC1. The van der Waals surface area contributed by atoms with Crippen molar-refractivity contribution >= 4 is 0 Å². The molecule has 164 valence electrons. The summed E-state index contributed by atoms with van der Waals surface area (Å²) in [6, 6.07) is 14.7. The maximum absolute atomic E-state index is 6.37. The molecule has 0 spiro atoms. The van der Waals surface area contributed by atoms with Crippen LogP contribution in [0, 0.1) is 0 Å². The van der Waals surface area contributed by atoms with Gasteiger partial charge in [-0.05, 0) is 18.1 Å². The molecule has 1 atom stereocenters. The van der Waals surface area contributed by atoms with E-state index < -0.39 is 0 Å². The number of unbranched alkanes of at least 4 members (excludes halogenated alkanes) is 2. The van der Waals surface area contributed by atoms with E-state index in [1.807, 2.05) is 24.3 Å². The van der Waals surface area contributed by atoms with Crippen LogP contribution in [0.5, 0.6) is 17.2 Å². The first-order valence-electron chi connectivity index (χ1n) is 11.1. The minimum Gasteiger partial charge on any atom is -0.493 e. The summed E-state index contributed by atoms with van der Waals surface area (Å²) in [4.78, 5) is 2.59. The van der Waals surface area contributed by atoms with Gasteiger partial charge >= 0.3 is 0 Å². The fraction of sp³-hybridized carbons (Fsp3) is 0.520. The number of ether oxygens (including phenoxy) is 3. The first-order valence-corrected chi connectivity index (χ1v) is 11.1. The van der Waals surface area contributed by atoms with E-state index in [4.69, 9.17) is 14.2 Å². The minimum absolute atomic E-state index is 0.309. The van der Waals surface area contributed by atoms with Crippen molar-refractivity contribution in [1.82, 2.24) is 10.2 Å². The molecule has 0 aliphatic carbocycles. The zero-order valence-electron chi connectivity index (χ0n) is 18.7. The molecule has 1 N–H and O–H groups in total. The number of hydrogen-bond acceptors (Lipinski definition) is 5. The number of benzene rings is 2. The standard InChI is InChI=1S/C25H36N2O3/c1-4-5-7-12-22(27-15-13-26-14-16-27)21-17-24(28-2)25(29-3)18-23(21)30-19-20-10-8-6-9-11-20/h6,8-11,17-18,22,26H,4-5,7,12-16,19H2,1-3H3/t22-/m0/s1. The van der Waals surface area contributed by atoms with Gasteiger partial charge in [-0.25, -0.2) is 0 Å². The van der Waals surface area contributed by atoms with Crippen LogP contribution in [0.1, 0.15) is 49.8 Å². The predicted molar refractivity (Wildman–Crippen MR) is 122 cm³/mol. The highest BCUT2D eigenvalue weighted by atomic mass is 16.5. The Balaban J connectivity index is 1.93. The number of hydrogen-bond donors (Lipinski definition) is 1. The first-order chi connectivity index (χ1) is 14.8. The van der Waals surface area contributed by atoms with Gasteiger partial charge in [0.05, 0.1) is 14.2 Å². The topological polar surface area (TPSA) is 43.0 Å². The van der Waals surface area contributed by atoms with E-state index in [2.05, 4.69) is 35.3 Å². The second kappa shape index (κ2) is 11.8. The molecule has 3 rings (SSSR count). The fourth-order valence-corrected chi connectivity index (χ4v) is 4.11. The zero-order chi connectivity index (χ0) is 21.2. The maximum Gasteiger partial charge on any atom is 0.164 e. The molecular formula is C25H36N2O3. The summed E-state index contributed by atoms with van der Waals surface area (Å²) in [7, 11) is 3.37. The van der Waals surface area contributed by atoms with Gasteiger partial charge in [0.2, 0.25) is 0 Å². The predicted octanol–water partition coefficient (Wildman–Crippen LogP) is 4.81. The van der Waals surface area contributed by atoms with E-state index in [1.165, 1.54) is 24.8 Å². The van der Waals surface area contributed by atoms with Crippen LogP contribution >= 0.6 is 0 Å². The van der Waals surface area contributed by atoms with Crippen LogP contribution in [-0.4, -0.2) is 45.3 Å². The Morgan fingerprint density at radius 3 is 2.30 bits per heavy atom. The van der Waals surface area contributed by atoms with Crippen LogP contribution in [0.3, 0.4) is 0 Å². The van der Waals surface area contributed by atoms with Crippen molar-refractivity contribution in [3.8, 4) is 17.2 Å². The highest BCUT2D eigenvalue weighted by Crippen LogP contribution is 2.41. The van der Waals surface area contributed by atoms with Crippen LogP contribution in [0.25, 0.3) is 0 Å². The van der Waals surface area contributed by atoms with E-state index in [0.29, 0.717) is 18.4 Å². The van der Waals surface area contributed by atoms with Gasteiger partial charge in [-0.15, -0.1) is 0 Å². The molecule has 1 saturated heterocycles. The first kappa shape index (κ1) is 22.4. The van der Waals surface area contributed by atoms with E-state index in [1.54, 1.807) is 14.2 Å². The molecule has 2 aromatic carbocycles. The molecule has 2 aromatic rings. The Labute approximate surface area is 181 Å². The quantitative estimate of drug-likeness (QED) is 0.537. The number of nitrogens with one attached hydrogen (secondary N) is 1. The molecular weight excluding hydrogens is 376 g/mol. The van der Waals surface area contributed by atoms with Crippen molar-refractivity contribution in [2.24, 2.45) is 0 Å². The van der Waals surface area contributed by atoms with Crippen LogP contribution < -0.4 is 19.5 Å². The molecule has 1 heterocycles. The summed E-state index contributed by atoms with van der Waals surface area (Å²) in [5.41, 5.74) is 2.35. The van der Waals surface area contributed by atoms with Crippen molar-refractivity contribution < 1.29 is 14.2 Å². The lowest BCUT2D eigenvalue weighted by atomic mass is 9.96. The van der Waals surface area contributed by atoms with E-state index in [9.17, 15) is 0 Å². The molecule has 0 aromatic heterocycles. The third-order valence-electron chi connectivity index (χ3n) is 5.79. The summed E-state index contributed by atoms with van der Waals surface area (Å²) in [5.74, 6) is 2.35. The lowest BCUT2D eigenvalue weighted by Crippen LogP contribution is -2.45. The van der Waals surface area contributed by atoms with Crippen molar-refractivity contribution in [3.63, 3.8) is 0 Å². The number of methoxy groups -OCH3 is 2. The summed E-state index contributed by atoms with van der Waals surface area (Å²) >= 11 is 0. The van der Waals surface area contributed by atoms with Gasteiger partial charge in [0, 0.05) is 43.9 Å². The van der Waals surface area contributed by atoms with Gasteiger partial charge in [-0.2, -0.15) is 0 Å². The molecule has 0 radical (unpaired) electrons. The van der Waals surface area contributed by atoms with Gasteiger partial charge in [0.1, 0.15) is 12.4 Å². The van der Waals surface area contributed by atoms with Crippen LogP contribution in [0.4, 0.5) is 0 Å². The average molecular weight is 413 g/mol. The van der Waals surface area contributed by atoms with Gasteiger partial charge in [0.15, 0.2) is 11.5 Å². The number of nitrogens with zero attached hydrogens (tertiary/aromatic N) is 1. The zero-order valence-corrected chi connectivity index (χ0v) is 18.7. The molecule has 0 amide bonds. The van der Waals surface area contributed by atoms with Crippen molar-refractivity contribution in [1.29, 1.82) is 0 Å². The largest absolute Gasteiger partial charge is 0.493 e. The highest BCUT2D eigenvalue weighted by Gasteiger charge is 2.26. The Hall–Kier alpha value is -2.24. The highest BCUT2D eigenvalue weighted by molar-refractivity contribution is 5.52. The molecule has 1 fully saturated rings. The normalized spacial score (nSPS) is 15.6. The van der Waals surface area contributed by atoms with Crippen molar-refractivity contribution in [3.05, 3.63) is 53.6 Å². The van der Waals surface area contributed by atoms with Crippen LogP contribution in [-0.2, 0) is 6.61 Å². The monoisotopic (exact) mass is 412 g/mol. The average Bonchev–Trinajstić information content (AvgIpc) is 2.81. The summed E-state index contributed by atoms with van der Waals surface area (Å²) < 4.78 is 17.6. The molecule has 1 aliphatic rings. The molecule has 0 unspecified atom stereocenters. The summed E-state index contributed by atoms with van der Waals surface area (Å²) in [6.07, 6.45) is 4.79. The molecule has 5 nitrogen and oxygen atoms in total. The van der Waals surface area contributed by atoms with Crippen LogP contribution in [0.15, 0.2) is 42.5 Å². The van der Waals surface area contributed by atoms with E-state index >= 15 is 0 Å². The van der Waals surface area contributed by atoms with Crippen molar-refractivity contribution in [2.45, 2.75) is 45.3 Å².